The molecule has 0 atom stereocenters. The van der Waals surface area contributed by atoms with Crippen molar-refractivity contribution in [3.63, 3.8) is 0 Å². The summed E-state index contributed by atoms with van der Waals surface area (Å²) in [6.45, 7) is 6.76. The van der Waals surface area contributed by atoms with Gasteiger partial charge in [0.1, 0.15) is 9.75 Å². The summed E-state index contributed by atoms with van der Waals surface area (Å²) >= 11 is 4.39. The fourth-order valence-corrected chi connectivity index (χ4v) is 5.98. The van der Waals surface area contributed by atoms with Gasteiger partial charge in [0.05, 0.1) is 11.9 Å². The van der Waals surface area contributed by atoms with Crippen LogP contribution in [0.5, 0.6) is 0 Å². The molecule has 0 amide bonds. The van der Waals surface area contributed by atoms with E-state index in [0.717, 1.165) is 32.6 Å². The summed E-state index contributed by atoms with van der Waals surface area (Å²) in [5.41, 5.74) is 3.09. The molecule has 0 radical (unpaired) electrons. The fourth-order valence-electron chi connectivity index (χ4n) is 3.09. The van der Waals surface area contributed by atoms with Gasteiger partial charge in [-0.3, -0.25) is 4.79 Å². The van der Waals surface area contributed by atoms with E-state index in [-0.39, 0.29) is 0 Å². The summed E-state index contributed by atoms with van der Waals surface area (Å²) in [7, 11) is 0. The molecule has 4 heterocycles. The molecule has 4 aromatic heterocycles. The Kier molecular flexibility index (Phi) is 7.64. The first-order valence-electron chi connectivity index (χ1n) is 10.8. The molecule has 0 aliphatic rings. The molecule has 0 bridgehead atoms. The molecule has 4 aromatic rings. The summed E-state index contributed by atoms with van der Waals surface area (Å²) in [5.74, 6) is -0.186. The third-order valence-corrected chi connectivity index (χ3v) is 8.18. The second-order valence-electron chi connectivity index (χ2n) is 8.18. The summed E-state index contributed by atoms with van der Waals surface area (Å²) in [5, 5.41) is 19.0. The number of aliphatic carboxylic acids is 1. The average molecular weight is 515 g/mol. The highest BCUT2D eigenvalue weighted by atomic mass is 32.2. The van der Waals surface area contributed by atoms with Crippen LogP contribution in [0.1, 0.15) is 37.6 Å². The molecule has 4 rings (SSSR count). The molecule has 0 aliphatic carbocycles. The van der Waals surface area contributed by atoms with Gasteiger partial charge in [0.15, 0.2) is 4.34 Å². The smallest absolute Gasteiger partial charge is 0.319 e. The number of thiophene rings is 1. The summed E-state index contributed by atoms with van der Waals surface area (Å²) in [6.07, 6.45) is 9.23. The van der Waals surface area contributed by atoms with Gasteiger partial charge in [-0.05, 0) is 43.3 Å². The number of carbonyl (C=O) groups is 1. The molecule has 34 heavy (non-hydrogen) atoms. The predicted octanol–water partition coefficient (Wildman–Crippen LogP) is 4.95. The van der Waals surface area contributed by atoms with E-state index in [0.29, 0.717) is 25.5 Å². The van der Waals surface area contributed by atoms with Gasteiger partial charge in [-0.15, -0.1) is 22.7 Å². The predicted molar refractivity (Wildman–Crippen MR) is 137 cm³/mol. The number of aromatic nitrogens is 5. The fraction of sp³-hybridized carbons (Fsp3) is 0.348. The number of carboxylic acids is 1. The van der Waals surface area contributed by atoms with Gasteiger partial charge in [0, 0.05) is 49.0 Å². The molecule has 0 fully saturated rings. The lowest BCUT2D eigenvalue weighted by Gasteiger charge is -2.21. The van der Waals surface area contributed by atoms with Crippen molar-refractivity contribution in [2.24, 2.45) is 0 Å². The first-order chi connectivity index (χ1) is 16.3. The maximum Gasteiger partial charge on any atom is 0.319 e. The summed E-state index contributed by atoms with van der Waals surface area (Å²) in [4.78, 5) is 27.4. The molecule has 11 heteroatoms. The number of nitrogens with zero attached hydrogens (tertiary/aromatic N) is 6. The van der Waals surface area contributed by atoms with Crippen LogP contribution in [0, 0.1) is 0 Å². The Bertz CT molecular complexity index is 1220. The highest BCUT2D eigenvalue weighted by Gasteiger charge is 2.29. The highest BCUT2D eigenvalue weighted by Crippen LogP contribution is 2.34. The molecule has 0 unspecified atom stereocenters. The van der Waals surface area contributed by atoms with E-state index >= 15 is 0 Å². The zero-order valence-corrected chi connectivity index (χ0v) is 21.7. The molecule has 178 valence electrons. The third-order valence-electron chi connectivity index (χ3n) is 5.15. The van der Waals surface area contributed by atoms with Crippen molar-refractivity contribution in [1.82, 2.24) is 24.7 Å². The van der Waals surface area contributed by atoms with E-state index in [2.05, 4.69) is 31.9 Å². The highest BCUT2D eigenvalue weighted by molar-refractivity contribution is 8.03. The van der Waals surface area contributed by atoms with Crippen LogP contribution < -0.4 is 4.90 Å². The van der Waals surface area contributed by atoms with Gasteiger partial charge < -0.3 is 10.0 Å². The molecule has 8 nitrogen and oxygen atoms in total. The first kappa shape index (κ1) is 24.4. The van der Waals surface area contributed by atoms with Crippen LogP contribution in [-0.4, -0.2) is 47.1 Å². The molecular formula is C23H26N6O2S3. The number of rotatable bonds is 11. The van der Waals surface area contributed by atoms with Crippen molar-refractivity contribution in [3.8, 4) is 5.00 Å². The minimum absolute atomic E-state index is 0.620. The van der Waals surface area contributed by atoms with Crippen molar-refractivity contribution < 1.29 is 9.90 Å². The monoisotopic (exact) mass is 514 g/mol. The lowest BCUT2D eigenvalue weighted by molar-refractivity contribution is -0.138. The van der Waals surface area contributed by atoms with Gasteiger partial charge in [-0.25, -0.2) is 19.6 Å². The minimum atomic E-state index is -0.918. The van der Waals surface area contributed by atoms with Crippen LogP contribution in [0.25, 0.3) is 5.00 Å². The molecule has 0 aromatic carbocycles. The second-order valence-corrected chi connectivity index (χ2v) is 11.8. The molecular weight excluding hydrogens is 488 g/mol. The lowest BCUT2D eigenvalue weighted by Crippen LogP contribution is -2.27. The Labute approximate surface area is 210 Å². The molecule has 0 saturated heterocycles. The minimum Gasteiger partial charge on any atom is -0.480 e. The van der Waals surface area contributed by atoms with E-state index in [1.807, 2.05) is 52.4 Å². The summed E-state index contributed by atoms with van der Waals surface area (Å²) in [6, 6.07) is 4.05. The number of thioether (sulfide) groups is 1. The number of aryl methyl sites for hydroxylation is 1. The molecule has 0 spiro atoms. The van der Waals surface area contributed by atoms with E-state index < -0.39 is 10.7 Å². The Morgan fingerprint density at radius 3 is 2.68 bits per heavy atom. The molecule has 0 saturated carbocycles. The largest absolute Gasteiger partial charge is 0.480 e. The van der Waals surface area contributed by atoms with E-state index in [1.165, 1.54) is 23.1 Å². The number of hydrogen-bond acceptors (Lipinski definition) is 9. The van der Waals surface area contributed by atoms with Gasteiger partial charge >= 0.3 is 5.97 Å². The van der Waals surface area contributed by atoms with Gasteiger partial charge in [0.2, 0.25) is 5.95 Å². The van der Waals surface area contributed by atoms with Crippen molar-refractivity contribution in [3.05, 3.63) is 64.5 Å². The molecule has 0 aliphatic heterocycles. The van der Waals surface area contributed by atoms with Gasteiger partial charge in [0.25, 0.3) is 0 Å². The zero-order chi connectivity index (χ0) is 24.1. The van der Waals surface area contributed by atoms with Crippen molar-refractivity contribution in [2.75, 3.05) is 11.4 Å². The number of thiazole rings is 1. The topological polar surface area (TPSA) is 97.0 Å². The van der Waals surface area contributed by atoms with Crippen molar-refractivity contribution in [1.29, 1.82) is 0 Å². The van der Waals surface area contributed by atoms with E-state index in [9.17, 15) is 9.90 Å². The van der Waals surface area contributed by atoms with Crippen LogP contribution >= 0.6 is 34.4 Å². The van der Waals surface area contributed by atoms with Crippen LogP contribution in [0.3, 0.4) is 0 Å². The Morgan fingerprint density at radius 2 is 2.00 bits per heavy atom. The molecule has 1 N–H and O–H groups in total. The summed E-state index contributed by atoms with van der Waals surface area (Å²) < 4.78 is 1.72. The normalized spacial score (nSPS) is 11.6. The van der Waals surface area contributed by atoms with Crippen LogP contribution in [-0.2, 0) is 24.2 Å². The number of hydrogen-bond donors (Lipinski definition) is 1. The average Bonchev–Trinajstić information content (AvgIpc) is 3.58. The van der Waals surface area contributed by atoms with Crippen LogP contribution in [0.4, 0.5) is 5.95 Å². The van der Waals surface area contributed by atoms with Crippen molar-refractivity contribution >= 4 is 46.4 Å². The van der Waals surface area contributed by atoms with Crippen molar-refractivity contribution in [2.45, 2.75) is 49.2 Å². The SMILES string of the molecule is CCc1cnc(N(CCc2csc(SC(C)(C)C(=O)O)n2)Cc2cnn(-c3cccs3)c2)nc1. The Hall–Kier alpha value is -2.76. The quantitative estimate of drug-likeness (QED) is 0.281. The van der Waals surface area contributed by atoms with Crippen LogP contribution in [0.2, 0.25) is 0 Å². The van der Waals surface area contributed by atoms with Crippen LogP contribution in [0.15, 0.2) is 52.0 Å². The number of carboxylic acid groups (broad SMARTS) is 1. The van der Waals surface area contributed by atoms with Gasteiger partial charge in [-0.1, -0.05) is 18.7 Å². The van der Waals surface area contributed by atoms with E-state index in [1.54, 1.807) is 25.2 Å². The second kappa shape index (κ2) is 10.7. The third kappa shape index (κ3) is 6.02. The zero-order valence-electron chi connectivity index (χ0n) is 19.2. The maximum absolute atomic E-state index is 11.4. The van der Waals surface area contributed by atoms with E-state index in [4.69, 9.17) is 0 Å². The standard InChI is InChI=1S/C23H26N6O2S3/c1-4-16-10-24-21(25-11-16)28(13-17-12-26-29(14-17)19-6-5-9-32-19)8-7-18-15-33-22(27-18)34-23(2,3)20(30)31/h5-6,9-12,14-15H,4,7-8,13H2,1-3H3,(H,30,31). The maximum atomic E-state index is 11.4. The first-order valence-corrected chi connectivity index (χ1v) is 13.4. The Morgan fingerprint density at radius 1 is 1.21 bits per heavy atom. The number of anilines is 1. The lowest BCUT2D eigenvalue weighted by atomic mass is 10.2. The Balaban J connectivity index is 1.48. The van der Waals surface area contributed by atoms with Gasteiger partial charge in [-0.2, -0.15) is 5.10 Å².